The van der Waals surface area contributed by atoms with Gasteiger partial charge in [0.15, 0.2) is 6.61 Å². The summed E-state index contributed by atoms with van der Waals surface area (Å²) in [7, 11) is 0. The van der Waals surface area contributed by atoms with Gasteiger partial charge in [0.2, 0.25) is 0 Å². The standard InChI is InChI=1S/C28H22FN3O4/c29-19-5-3-6-20(13-19)31-24(33)15-36-23-11-10-16-4-1-2-7-21(16)22(23)14-30-32-27(34)25-17-8-9-18(12-17)26(25)28(32)35/h1-11,13-14,17-18,25-26H,12,15H2,(H,31,33)/t17-,18-,25-,26+/m0/s1. The molecule has 7 nitrogen and oxygen atoms in total. The number of halogens is 1. The maximum Gasteiger partial charge on any atom is 0.262 e. The number of hydrazone groups is 1. The van der Waals surface area contributed by atoms with Gasteiger partial charge in [-0.2, -0.15) is 10.1 Å². The molecule has 1 saturated carbocycles. The first-order valence-corrected chi connectivity index (χ1v) is 11.8. The molecule has 1 aliphatic heterocycles. The summed E-state index contributed by atoms with van der Waals surface area (Å²) in [6, 6.07) is 16.7. The fraction of sp³-hybridized carbons (Fsp3) is 0.214. The van der Waals surface area contributed by atoms with Crippen molar-refractivity contribution >= 4 is 40.4 Å². The van der Waals surface area contributed by atoms with E-state index >= 15 is 0 Å². The van der Waals surface area contributed by atoms with Crippen LogP contribution < -0.4 is 10.1 Å². The van der Waals surface area contributed by atoms with Gasteiger partial charge in [-0.25, -0.2) is 4.39 Å². The van der Waals surface area contributed by atoms with Crippen molar-refractivity contribution < 1.29 is 23.5 Å². The summed E-state index contributed by atoms with van der Waals surface area (Å²) in [6.45, 7) is -0.323. The SMILES string of the molecule is O=C(COc1ccc2ccccc2c1C=NN1C(=O)[C@@H]2[C@H](C1=O)[C@H]1C=C[C@H]2C1)Nc1cccc(F)c1. The van der Waals surface area contributed by atoms with Gasteiger partial charge in [-0.15, -0.1) is 0 Å². The largest absolute Gasteiger partial charge is 0.483 e. The summed E-state index contributed by atoms with van der Waals surface area (Å²) < 4.78 is 19.2. The molecule has 2 bridgehead atoms. The number of hydrogen-bond acceptors (Lipinski definition) is 5. The molecular weight excluding hydrogens is 461 g/mol. The van der Waals surface area contributed by atoms with Crippen LogP contribution in [0.15, 0.2) is 77.9 Å². The lowest BCUT2D eigenvalue weighted by molar-refractivity contribution is -0.140. The molecule has 0 spiro atoms. The summed E-state index contributed by atoms with van der Waals surface area (Å²) >= 11 is 0. The van der Waals surface area contributed by atoms with Crippen LogP contribution in [-0.2, 0) is 14.4 Å². The molecule has 1 heterocycles. The fourth-order valence-corrected chi connectivity index (χ4v) is 5.56. The molecule has 4 atom stereocenters. The van der Waals surface area contributed by atoms with Gasteiger partial charge in [-0.3, -0.25) is 14.4 Å². The van der Waals surface area contributed by atoms with Crippen LogP contribution in [0.1, 0.15) is 12.0 Å². The van der Waals surface area contributed by atoms with Gasteiger partial charge in [0.05, 0.1) is 18.1 Å². The quantitative estimate of drug-likeness (QED) is 0.324. The van der Waals surface area contributed by atoms with E-state index in [0.29, 0.717) is 17.0 Å². The molecule has 1 N–H and O–H groups in total. The maximum atomic E-state index is 13.4. The second-order valence-electron chi connectivity index (χ2n) is 9.28. The normalized spacial score (nSPS) is 24.2. The molecule has 36 heavy (non-hydrogen) atoms. The van der Waals surface area contributed by atoms with Crippen molar-refractivity contribution in [2.24, 2.45) is 28.8 Å². The summed E-state index contributed by atoms with van der Waals surface area (Å²) in [5, 5.41) is 9.60. The number of carbonyl (C=O) groups excluding carboxylic acids is 3. The van der Waals surface area contributed by atoms with Gasteiger partial charge >= 0.3 is 0 Å². The van der Waals surface area contributed by atoms with E-state index in [2.05, 4.69) is 10.4 Å². The van der Waals surface area contributed by atoms with Crippen LogP contribution in [0.4, 0.5) is 10.1 Å². The van der Waals surface area contributed by atoms with Crippen molar-refractivity contribution in [3.8, 4) is 5.75 Å². The number of carbonyl (C=O) groups is 3. The first kappa shape index (κ1) is 22.2. The molecule has 180 valence electrons. The third-order valence-electron chi connectivity index (χ3n) is 7.15. The van der Waals surface area contributed by atoms with Gasteiger partial charge in [-0.1, -0.05) is 48.6 Å². The van der Waals surface area contributed by atoms with E-state index in [9.17, 15) is 18.8 Å². The molecule has 3 amide bonds. The van der Waals surface area contributed by atoms with Crippen LogP contribution in [0.3, 0.4) is 0 Å². The van der Waals surface area contributed by atoms with E-state index in [1.807, 2.05) is 42.5 Å². The molecule has 3 aromatic carbocycles. The van der Waals surface area contributed by atoms with E-state index in [1.165, 1.54) is 24.4 Å². The van der Waals surface area contributed by atoms with Gasteiger partial charge in [0.25, 0.3) is 17.7 Å². The van der Waals surface area contributed by atoms with E-state index in [1.54, 1.807) is 12.1 Å². The molecule has 3 aliphatic rings. The Morgan fingerprint density at radius 2 is 1.78 bits per heavy atom. The van der Waals surface area contributed by atoms with Crippen molar-refractivity contribution in [1.29, 1.82) is 0 Å². The summed E-state index contributed by atoms with van der Waals surface area (Å²) in [4.78, 5) is 38.4. The zero-order chi connectivity index (χ0) is 24.8. The first-order chi connectivity index (χ1) is 17.5. The number of benzene rings is 3. The number of anilines is 1. The van der Waals surface area contributed by atoms with E-state index in [4.69, 9.17) is 4.74 Å². The van der Waals surface area contributed by atoms with Gasteiger partial charge < -0.3 is 10.1 Å². The second kappa shape index (κ2) is 8.71. The lowest BCUT2D eigenvalue weighted by atomic mass is 9.85. The van der Waals surface area contributed by atoms with Crippen molar-refractivity contribution in [3.05, 3.63) is 84.2 Å². The van der Waals surface area contributed by atoms with Crippen LogP contribution in [0.5, 0.6) is 5.75 Å². The number of fused-ring (bicyclic) bond motifs is 6. The molecule has 0 radical (unpaired) electrons. The zero-order valence-electron chi connectivity index (χ0n) is 19.1. The Bertz CT molecular complexity index is 1440. The minimum atomic E-state index is -0.461. The fourth-order valence-electron chi connectivity index (χ4n) is 5.56. The highest BCUT2D eigenvalue weighted by atomic mass is 19.1. The molecule has 8 heteroatoms. The smallest absolute Gasteiger partial charge is 0.262 e. The third kappa shape index (κ3) is 3.75. The summed E-state index contributed by atoms with van der Waals surface area (Å²) in [5.41, 5.74) is 0.870. The summed E-state index contributed by atoms with van der Waals surface area (Å²) in [5.74, 6) is -1.55. The Hall–Kier alpha value is -4.33. The summed E-state index contributed by atoms with van der Waals surface area (Å²) in [6.07, 6.45) is 6.38. The Labute approximate surface area is 206 Å². The van der Waals surface area contributed by atoms with Crippen molar-refractivity contribution in [3.63, 3.8) is 0 Å². The Morgan fingerprint density at radius 1 is 1.03 bits per heavy atom. The third-order valence-corrected chi connectivity index (χ3v) is 7.15. The van der Waals surface area contributed by atoms with Crippen molar-refractivity contribution in [2.75, 3.05) is 11.9 Å². The van der Waals surface area contributed by atoms with Crippen LogP contribution in [0.2, 0.25) is 0 Å². The van der Waals surface area contributed by atoms with Crippen LogP contribution in [-0.4, -0.2) is 35.6 Å². The maximum absolute atomic E-state index is 13.4. The highest BCUT2D eigenvalue weighted by molar-refractivity contribution is 6.08. The lowest BCUT2D eigenvalue weighted by Crippen LogP contribution is -2.28. The van der Waals surface area contributed by atoms with E-state index in [-0.39, 0.29) is 42.1 Å². The molecule has 6 rings (SSSR count). The molecular formula is C28H22FN3O4. The molecule has 2 aliphatic carbocycles. The Morgan fingerprint density at radius 3 is 2.53 bits per heavy atom. The number of rotatable bonds is 6. The zero-order valence-corrected chi connectivity index (χ0v) is 19.1. The second-order valence-corrected chi connectivity index (χ2v) is 9.28. The Kier molecular flexibility index (Phi) is 5.36. The highest BCUT2D eigenvalue weighted by Crippen LogP contribution is 2.52. The lowest BCUT2D eigenvalue weighted by Gasteiger charge is -2.14. The van der Waals surface area contributed by atoms with Crippen molar-refractivity contribution in [1.82, 2.24) is 5.01 Å². The molecule has 1 saturated heterocycles. The number of ether oxygens (including phenoxy) is 1. The van der Waals surface area contributed by atoms with E-state index < -0.39 is 11.7 Å². The minimum Gasteiger partial charge on any atom is -0.483 e. The predicted molar refractivity (Wildman–Crippen MR) is 132 cm³/mol. The molecule has 0 aromatic heterocycles. The number of hydrogen-bond donors (Lipinski definition) is 1. The highest BCUT2D eigenvalue weighted by Gasteiger charge is 2.59. The average Bonchev–Trinajstić information content (AvgIpc) is 3.56. The molecule has 2 fully saturated rings. The van der Waals surface area contributed by atoms with Gasteiger partial charge in [0, 0.05) is 11.3 Å². The molecule has 3 aromatic rings. The van der Waals surface area contributed by atoms with Crippen LogP contribution in [0, 0.1) is 29.5 Å². The number of nitrogens with one attached hydrogen (secondary N) is 1. The minimum absolute atomic E-state index is 0.102. The van der Waals surface area contributed by atoms with E-state index in [0.717, 1.165) is 22.2 Å². The number of allylic oxidation sites excluding steroid dienone is 2. The first-order valence-electron chi connectivity index (χ1n) is 11.8. The Balaban J connectivity index is 1.25. The monoisotopic (exact) mass is 483 g/mol. The topological polar surface area (TPSA) is 88.1 Å². The van der Waals surface area contributed by atoms with Gasteiger partial charge in [0.1, 0.15) is 11.6 Å². The number of nitrogens with zero attached hydrogens (tertiary/aromatic N) is 2. The average molecular weight is 483 g/mol. The molecule has 0 unspecified atom stereocenters. The predicted octanol–water partition coefficient (Wildman–Crippen LogP) is 4.14. The van der Waals surface area contributed by atoms with Crippen molar-refractivity contribution in [2.45, 2.75) is 6.42 Å². The number of imide groups is 1. The van der Waals surface area contributed by atoms with Crippen LogP contribution in [0.25, 0.3) is 10.8 Å². The van der Waals surface area contributed by atoms with Crippen LogP contribution >= 0.6 is 0 Å². The van der Waals surface area contributed by atoms with Gasteiger partial charge in [-0.05, 0) is 53.3 Å². The number of amides is 3.